The van der Waals surface area contributed by atoms with E-state index in [4.69, 9.17) is 4.55 Å². The van der Waals surface area contributed by atoms with Crippen molar-refractivity contribution >= 4 is 10.1 Å². The van der Waals surface area contributed by atoms with Crippen molar-refractivity contribution in [2.45, 2.75) is 10.9 Å². The van der Waals surface area contributed by atoms with Crippen LogP contribution in [0.3, 0.4) is 0 Å². The molecule has 0 fully saturated rings. The Labute approximate surface area is 104 Å². The SMILES string of the molecule is O=[N+]([O-])C1=CC(S(=O)(=O)O)C([N+](=O)[O-])([N+](=O)[O-])C=C1. The second-order valence-corrected chi connectivity index (χ2v) is 4.95. The van der Waals surface area contributed by atoms with E-state index in [0.29, 0.717) is 6.08 Å². The summed E-state index contributed by atoms with van der Waals surface area (Å²) in [5.41, 5.74) is -4.32. The quantitative estimate of drug-likeness (QED) is 0.300. The molecule has 0 aliphatic heterocycles. The summed E-state index contributed by atoms with van der Waals surface area (Å²) in [6, 6.07) is 0. The van der Waals surface area contributed by atoms with Gasteiger partial charge in [0, 0.05) is 12.2 Å². The number of allylic oxidation sites excluding steroid dienone is 1. The molecule has 0 bridgehead atoms. The van der Waals surface area contributed by atoms with Gasteiger partial charge in [-0.3, -0.25) is 34.9 Å². The summed E-state index contributed by atoms with van der Waals surface area (Å²) in [7, 11) is -5.31. The minimum atomic E-state index is -5.31. The molecular weight excluding hydrogens is 290 g/mol. The lowest BCUT2D eigenvalue weighted by Crippen LogP contribution is -2.57. The average molecular weight is 295 g/mol. The molecule has 1 aliphatic rings. The summed E-state index contributed by atoms with van der Waals surface area (Å²) in [6.45, 7) is 0. The molecule has 0 saturated heterocycles. The van der Waals surface area contributed by atoms with E-state index in [1.165, 1.54) is 0 Å². The monoisotopic (exact) mass is 295 g/mol. The number of rotatable bonds is 4. The molecule has 0 saturated carbocycles. The van der Waals surface area contributed by atoms with Gasteiger partial charge in [-0.25, -0.2) is 0 Å². The molecule has 0 aromatic heterocycles. The van der Waals surface area contributed by atoms with Gasteiger partial charge in [0.15, 0.2) is 0 Å². The molecule has 0 spiro atoms. The highest BCUT2D eigenvalue weighted by Gasteiger charge is 2.67. The fourth-order valence-electron chi connectivity index (χ4n) is 1.46. The highest BCUT2D eigenvalue weighted by atomic mass is 32.2. The zero-order chi connectivity index (χ0) is 15.0. The van der Waals surface area contributed by atoms with E-state index in [-0.39, 0.29) is 12.2 Å². The fraction of sp³-hybridized carbons (Fsp3) is 0.333. The first-order valence-electron chi connectivity index (χ1n) is 4.34. The van der Waals surface area contributed by atoms with Crippen LogP contribution < -0.4 is 0 Å². The van der Waals surface area contributed by atoms with E-state index in [1.807, 2.05) is 0 Å². The Morgan fingerprint density at radius 1 is 1.16 bits per heavy atom. The van der Waals surface area contributed by atoms with Gasteiger partial charge in [0.1, 0.15) is 9.85 Å². The second kappa shape index (κ2) is 4.36. The molecule has 1 rings (SSSR count). The van der Waals surface area contributed by atoms with Gasteiger partial charge in [0.25, 0.3) is 21.1 Å². The molecule has 12 nitrogen and oxygen atoms in total. The second-order valence-electron chi connectivity index (χ2n) is 3.41. The molecule has 1 unspecified atom stereocenters. The van der Waals surface area contributed by atoms with Crippen LogP contribution in [0.4, 0.5) is 0 Å². The number of hydrogen-bond acceptors (Lipinski definition) is 8. The summed E-state index contributed by atoms with van der Waals surface area (Å²) in [5.74, 6) is 0. The van der Waals surface area contributed by atoms with E-state index in [0.717, 1.165) is 0 Å². The first-order chi connectivity index (χ1) is 8.53. The van der Waals surface area contributed by atoms with E-state index in [2.05, 4.69) is 0 Å². The van der Waals surface area contributed by atoms with E-state index in [9.17, 15) is 38.8 Å². The van der Waals surface area contributed by atoms with Crippen molar-refractivity contribution in [3.05, 3.63) is 54.3 Å². The van der Waals surface area contributed by atoms with Gasteiger partial charge in [0.2, 0.25) is 0 Å². The van der Waals surface area contributed by atoms with Crippen molar-refractivity contribution in [3.63, 3.8) is 0 Å². The van der Waals surface area contributed by atoms with Gasteiger partial charge in [-0.1, -0.05) is 0 Å². The van der Waals surface area contributed by atoms with Crippen LogP contribution in [0.5, 0.6) is 0 Å². The fourth-order valence-corrected chi connectivity index (χ4v) is 2.46. The van der Waals surface area contributed by atoms with Crippen molar-refractivity contribution < 1.29 is 27.7 Å². The van der Waals surface area contributed by atoms with Gasteiger partial charge in [-0.15, -0.1) is 0 Å². The van der Waals surface area contributed by atoms with Crippen molar-refractivity contribution in [2.75, 3.05) is 0 Å². The summed E-state index contributed by atoms with van der Waals surface area (Å²) in [5, 5.41) is 29.3. The van der Waals surface area contributed by atoms with Crippen LogP contribution in [0.2, 0.25) is 0 Å². The number of nitrogens with zero attached hydrogens (tertiary/aromatic N) is 3. The highest BCUT2D eigenvalue weighted by molar-refractivity contribution is 7.86. The Balaban J connectivity index is 3.60. The van der Waals surface area contributed by atoms with Crippen molar-refractivity contribution in [1.29, 1.82) is 0 Å². The Kier molecular flexibility index (Phi) is 3.36. The molecule has 0 aromatic carbocycles. The molecule has 1 N–H and O–H groups in total. The van der Waals surface area contributed by atoms with Crippen LogP contribution in [0.25, 0.3) is 0 Å². The lowest BCUT2D eigenvalue weighted by atomic mass is 10.0. The normalized spacial score (nSPS) is 21.5. The summed E-state index contributed by atoms with van der Waals surface area (Å²) in [4.78, 5) is 27.8. The third-order valence-electron chi connectivity index (χ3n) is 2.36. The first-order valence-corrected chi connectivity index (χ1v) is 5.84. The third kappa shape index (κ3) is 2.27. The molecule has 19 heavy (non-hydrogen) atoms. The smallest absolute Gasteiger partial charge is 0.285 e. The Bertz CT molecular complexity index is 604. The Morgan fingerprint density at radius 3 is 1.95 bits per heavy atom. The maximum atomic E-state index is 11.0. The molecular formula is C6H5N3O9S. The van der Waals surface area contributed by atoms with Gasteiger partial charge in [-0.05, 0) is 0 Å². The summed E-state index contributed by atoms with van der Waals surface area (Å²) < 4.78 is 30.9. The maximum Gasteiger partial charge on any atom is 0.500 e. The van der Waals surface area contributed by atoms with Gasteiger partial charge >= 0.3 is 5.66 Å². The predicted molar refractivity (Wildman–Crippen MR) is 56.3 cm³/mol. The van der Waals surface area contributed by atoms with E-state index >= 15 is 0 Å². The molecule has 0 radical (unpaired) electrons. The highest BCUT2D eigenvalue weighted by Crippen LogP contribution is 2.30. The lowest BCUT2D eigenvalue weighted by molar-refractivity contribution is -0.779. The van der Waals surface area contributed by atoms with E-state index < -0.39 is 41.5 Å². The van der Waals surface area contributed by atoms with Crippen molar-refractivity contribution in [3.8, 4) is 0 Å². The zero-order valence-electron chi connectivity index (χ0n) is 8.77. The van der Waals surface area contributed by atoms with Crippen molar-refractivity contribution in [2.24, 2.45) is 0 Å². The largest absolute Gasteiger partial charge is 0.500 e. The van der Waals surface area contributed by atoms with Gasteiger partial charge < -0.3 is 0 Å². The molecule has 1 atom stereocenters. The molecule has 104 valence electrons. The molecule has 0 heterocycles. The minimum Gasteiger partial charge on any atom is -0.285 e. The van der Waals surface area contributed by atoms with Crippen LogP contribution in [0.1, 0.15) is 0 Å². The zero-order valence-corrected chi connectivity index (χ0v) is 9.59. The summed E-state index contributed by atoms with van der Waals surface area (Å²) in [6.07, 6.45) is 0.748. The molecule has 13 heteroatoms. The number of nitro groups is 3. The predicted octanol–water partition coefficient (Wildman–Crippen LogP) is -0.777. The Hall–Kier alpha value is -2.41. The Morgan fingerprint density at radius 2 is 1.63 bits per heavy atom. The van der Waals surface area contributed by atoms with Gasteiger partial charge in [0.05, 0.1) is 11.0 Å². The standard InChI is InChI=1S/C6H5N3O9S/c10-7(11)4-1-2-6(8(12)13,9(14)15)5(3-4)19(16,17)18/h1-3,5H,(H,16,17,18). The van der Waals surface area contributed by atoms with Crippen LogP contribution in [-0.4, -0.2) is 38.7 Å². The maximum absolute atomic E-state index is 11.0. The molecule has 1 aliphatic carbocycles. The van der Waals surface area contributed by atoms with Gasteiger partial charge in [-0.2, -0.15) is 8.42 Å². The van der Waals surface area contributed by atoms with Crippen LogP contribution in [0.15, 0.2) is 23.9 Å². The minimum absolute atomic E-state index is 0.154. The molecule has 0 aromatic rings. The van der Waals surface area contributed by atoms with Crippen LogP contribution >= 0.6 is 0 Å². The summed E-state index contributed by atoms with van der Waals surface area (Å²) >= 11 is 0. The topological polar surface area (TPSA) is 184 Å². The lowest BCUT2D eigenvalue weighted by Gasteiger charge is -2.20. The van der Waals surface area contributed by atoms with Crippen LogP contribution in [0, 0.1) is 30.3 Å². The number of hydrogen-bond donors (Lipinski definition) is 1. The third-order valence-corrected chi connectivity index (χ3v) is 3.48. The van der Waals surface area contributed by atoms with Crippen molar-refractivity contribution in [1.82, 2.24) is 0 Å². The molecule has 0 amide bonds. The van der Waals surface area contributed by atoms with E-state index in [1.54, 1.807) is 0 Å². The van der Waals surface area contributed by atoms with Crippen LogP contribution in [-0.2, 0) is 10.1 Å². The first kappa shape index (κ1) is 14.7. The average Bonchev–Trinajstić information content (AvgIpc) is 2.25.